The Balaban J connectivity index is 1.57. The van der Waals surface area contributed by atoms with E-state index in [9.17, 15) is 9.59 Å². The van der Waals surface area contributed by atoms with Crippen molar-refractivity contribution in [2.75, 3.05) is 7.11 Å². The lowest BCUT2D eigenvalue weighted by Crippen LogP contribution is -2.41. The Morgan fingerprint density at radius 1 is 1.04 bits per heavy atom. The summed E-state index contributed by atoms with van der Waals surface area (Å²) in [4.78, 5) is 26.4. The molecule has 132 valence electrons. The van der Waals surface area contributed by atoms with E-state index in [0.29, 0.717) is 17.0 Å². The van der Waals surface area contributed by atoms with Gasteiger partial charge in [0.25, 0.3) is 11.8 Å². The zero-order valence-corrected chi connectivity index (χ0v) is 15.1. The SMILES string of the molecule is COCc1ccc(C(=O)NNC(=O)c2cc3c(s2)CCCCC3)cc1. The molecule has 0 saturated carbocycles. The third-order valence-electron chi connectivity index (χ3n) is 4.29. The maximum atomic E-state index is 12.3. The summed E-state index contributed by atoms with van der Waals surface area (Å²) in [6, 6.07) is 9.05. The fraction of sp³-hybridized carbons (Fsp3) is 0.368. The Kier molecular flexibility index (Phi) is 5.83. The number of aryl methyl sites for hydroxylation is 2. The lowest BCUT2D eigenvalue weighted by Gasteiger charge is -2.07. The number of benzene rings is 1. The number of thiophene rings is 1. The van der Waals surface area contributed by atoms with Crippen molar-refractivity contribution < 1.29 is 14.3 Å². The summed E-state index contributed by atoms with van der Waals surface area (Å²) in [6.07, 6.45) is 5.71. The quantitative estimate of drug-likeness (QED) is 0.651. The monoisotopic (exact) mass is 358 g/mol. The molecule has 1 aromatic heterocycles. The van der Waals surface area contributed by atoms with Crippen LogP contribution in [0.3, 0.4) is 0 Å². The highest BCUT2D eigenvalue weighted by Crippen LogP contribution is 2.28. The summed E-state index contributed by atoms with van der Waals surface area (Å²) < 4.78 is 5.04. The van der Waals surface area contributed by atoms with E-state index in [1.54, 1.807) is 19.2 Å². The van der Waals surface area contributed by atoms with Crippen molar-refractivity contribution in [3.8, 4) is 0 Å². The molecule has 6 heteroatoms. The molecule has 0 aliphatic heterocycles. The summed E-state index contributed by atoms with van der Waals surface area (Å²) in [5.41, 5.74) is 7.75. The van der Waals surface area contributed by atoms with Gasteiger partial charge in [-0.05, 0) is 55.0 Å². The Labute approximate surface area is 151 Å². The van der Waals surface area contributed by atoms with Gasteiger partial charge < -0.3 is 4.74 Å². The fourth-order valence-electron chi connectivity index (χ4n) is 2.95. The highest BCUT2D eigenvalue weighted by atomic mass is 32.1. The van der Waals surface area contributed by atoms with E-state index in [2.05, 4.69) is 10.9 Å². The molecule has 2 amide bonds. The zero-order valence-electron chi connectivity index (χ0n) is 14.3. The third-order valence-corrected chi connectivity index (χ3v) is 5.52. The molecule has 1 aromatic carbocycles. The van der Waals surface area contributed by atoms with Crippen molar-refractivity contribution in [1.29, 1.82) is 0 Å². The first-order valence-corrected chi connectivity index (χ1v) is 9.29. The average molecular weight is 358 g/mol. The van der Waals surface area contributed by atoms with Crippen LogP contribution in [0.1, 0.15) is 55.3 Å². The maximum absolute atomic E-state index is 12.3. The first kappa shape index (κ1) is 17.6. The van der Waals surface area contributed by atoms with Crippen LogP contribution in [0.2, 0.25) is 0 Å². The lowest BCUT2D eigenvalue weighted by atomic mass is 10.1. The smallest absolute Gasteiger partial charge is 0.279 e. The predicted octanol–water partition coefficient (Wildman–Crippen LogP) is 3.24. The normalized spacial score (nSPS) is 13.6. The van der Waals surface area contributed by atoms with E-state index in [-0.39, 0.29) is 11.8 Å². The van der Waals surface area contributed by atoms with Gasteiger partial charge in [-0.15, -0.1) is 11.3 Å². The van der Waals surface area contributed by atoms with Crippen LogP contribution in [0.25, 0.3) is 0 Å². The van der Waals surface area contributed by atoms with Gasteiger partial charge in [-0.1, -0.05) is 18.6 Å². The van der Waals surface area contributed by atoms with Crippen LogP contribution in [-0.2, 0) is 24.2 Å². The molecular weight excluding hydrogens is 336 g/mol. The topological polar surface area (TPSA) is 67.4 Å². The van der Waals surface area contributed by atoms with Crippen molar-refractivity contribution in [3.63, 3.8) is 0 Å². The average Bonchev–Trinajstić information content (AvgIpc) is 2.91. The molecule has 5 nitrogen and oxygen atoms in total. The van der Waals surface area contributed by atoms with Crippen molar-refractivity contribution in [3.05, 3.63) is 56.8 Å². The van der Waals surface area contributed by atoms with Gasteiger partial charge in [-0.3, -0.25) is 20.4 Å². The number of carbonyl (C=O) groups is 2. The predicted molar refractivity (Wildman–Crippen MR) is 97.7 cm³/mol. The van der Waals surface area contributed by atoms with Gasteiger partial charge >= 0.3 is 0 Å². The second kappa shape index (κ2) is 8.27. The van der Waals surface area contributed by atoms with Crippen molar-refractivity contribution >= 4 is 23.2 Å². The number of hydrogen-bond acceptors (Lipinski definition) is 4. The number of hydrogen-bond donors (Lipinski definition) is 2. The van der Waals surface area contributed by atoms with Crippen LogP contribution in [-0.4, -0.2) is 18.9 Å². The van der Waals surface area contributed by atoms with E-state index < -0.39 is 0 Å². The first-order valence-electron chi connectivity index (χ1n) is 8.47. The molecule has 0 atom stereocenters. The molecule has 0 unspecified atom stereocenters. The Hall–Kier alpha value is -2.18. The first-order chi connectivity index (χ1) is 12.2. The molecule has 0 bridgehead atoms. The number of fused-ring (bicyclic) bond motifs is 1. The summed E-state index contributed by atoms with van der Waals surface area (Å²) in [5, 5.41) is 0. The van der Waals surface area contributed by atoms with Crippen molar-refractivity contribution in [1.82, 2.24) is 10.9 Å². The van der Waals surface area contributed by atoms with Crippen LogP contribution in [0, 0.1) is 0 Å². The van der Waals surface area contributed by atoms with Gasteiger partial charge in [0.15, 0.2) is 0 Å². The second-order valence-corrected chi connectivity index (χ2v) is 7.29. The van der Waals surface area contributed by atoms with Crippen LogP contribution >= 0.6 is 11.3 Å². The van der Waals surface area contributed by atoms with E-state index in [4.69, 9.17) is 4.74 Å². The third kappa shape index (κ3) is 4.46. The molecule has 2 aromatic rings. The Morgan fingerprint density at radius 2 is 1.76 bits per heavy atom. The van der Waals surface area contributed by atoms with E-state index in [1.165, 1.54) is 41.0 Å². The van der Waals surface area contributed by atoms with Gasteiger partial charge in [-0.2, -0.15) is 0 Å². The maximum Gasteiger partial charge on any atom is 0.279 e. The fourth-order valence-corrected chi connectivity index (χ4v) is 4.09. The summed E-state index contributed by atoms with van der Waals surface area (Å²) in [6.45, 7) is 0.502. The minimum Gasteiger partial charge on any atom is -0.380 e. The Morgan fingerprint density at radius 3 is 2.52 bits per heavy atom. The molecule has 1 heterocycles. The minimum absolute atomic E-state index is 0.262. The van der Waals surface area contributed by atoms with E-state index in [1.807, 2.05) is 18.2 Å². The summed E-state index contributed by atoms with van der Waals surface area (Å²) in [5.74, 6) is -0.599. The van der Waals surface area contributed by atoms with Crippen molar-refractivity contribution in [2.24, 2.45) is 0 Å². The van der Waals surface area contributed by atoms with Crippen LogP contribution in [0.15, 0.2) is 30.3 Å². The standard InChI is InChI=1S/C19H22N2O3S/c1-24-12-13-7-9-14(10-8-13)18(22)20-21-19(23)17-11-15-5-3-2-4-6-16(15)25-17/h7-11H,2-6,12H2,1H3,(H,20,22)(H,21,23). The number of hydrazine groups is 1. The van der Waals surface area contributed by atoms with Gasteiger partial charge in [0.2, 0.25) is 0 Å². The molecule has 0 spiro atoms. The molecule has 0 saturated heterocycles. The number of methoxy groups -OCH3 is 1. The van der Waals surface area contributed by atoms with E-state index >= 15 is 0 Å². The minimum atomic E-state index is -0.338. The molecule has 3 rings (SSSR count). The number of rotatable bonds is 4. The van der Waals surface area contributed by atoms with Crippen LogP contribution in [0.4, 0.5) is 0 Å². The van der Waals surface area contributed by atoms with Gasteiger partial charge in [-0.25, -0.2) is 0 Å². The molecule has 1 aliphatic rings. The van der Waals surface area contributed by atoms with Crippen LogP contribution in [0.5, 0.6) is 0 Å². The summed E-state index contributed by atoms with van der Waals surface area (Å²) >= 11 is 1.53. The zero-order chi connectivity index (χ0) is 17.6. The number of carbonyl (C=O) groups excluding carboxylic acids is 2. The Bertz CT molecular complexity index is 729. The highest BCUT2D eigenvalue weighted by molar-refractivity contribution is 7.14. The van der Waals surface area contributed by atoms with Crippen molar-refractivity contribution in [2.45, 2.75) is 38.7 Å². The van der Waals surface area contributed by atoms with Gasteiger partial charge in [0, 0.05) is 17.6 Å². The lowest BCUT2D eigenvalue weighted by molar-refractivity contribution is 0.0849. The van der Waals surface area contributed by atoms with Crippen LogP contribution < -0.4 is 10.9 Å². The van der Waals surface area contributed by atoms with Gasteiger partial charge in [0.05, 0.1) is 11.5 Å². The molecular formula is C19H22N2O3S. The molecule has 1 aliphatic carbocycles. The number of ether oxygens (including phenoxy) is 1. The van der Waals surface area contributed by atoms with Gasteiger partial charge in [0.1, 0.15) is 0 Å². The highest BCUT2D eigenvalue weighted by Gasteiger charge is 2.17. The largest absolute Gasteiger partial charge is 0.380 e. The second-order valence-electron chi connectivity index (χ2n) is 6.16. The molecule has 0 radical (unpaired) electrons. The van der Waals surface area contributed by atoms with E-state index in [0.717, 1.165) is 18.4 Å². The molecule has 25 heavy (non-hydrogen) atoms. The molecule has 2 N–H and O–H groups in total. The number of amides is 2. The summed E-state index contributed by atoms with van der Waals surface area (Å²) in [7, 11) is 1.63. The number of nitrogens with one attached hydrogen (secondary N) is 2. The molecule has 0 fully saturated rings.